The van der Waals surface area contributed by atoms with Crippen molar-refractivity contribution in [2.75, 3.05) is 18.2 Å². The predicted molar refractivity (Wildman–Crippen MR) is 122 cm³/mol. The molecule has 0 atom stereocenters. The summed E-state index contributed by atoms with van der Waals surface area (Å²) in [5.74, 6) is 1.34. The maximum absolute atomic E-state index is 12.4. The van der Waals surface area contributed by atoms with Crippen molar-refractivity contribution in [1.29, 1.82) is 0 Å². The standard InChI is InChI=1S/C22H18ClN5O2S/c1-30-18-11-9-17(10-12-18)28-21(19-4-2-3-13-24-19)26-27-22(28)31-14-20(29)25-16-7-5-15(23)6-8-16/h2-13H,14H2,1H3,(H,25,29). The molecule has 0 spiro atoms. The summed E-state index contributed by atoms with van der Waals surface area (Å²) in [7, 11) is 1.62. The molecule has 0 bridgehead atoms. The highest BCUT2D eigenvalue weighted by Gasteiger charge is 2.18. The number of pyridine rings is 1. The highest BCUT2D eigenvalue weighted by atomic mass is 35.5. The second-order valence-corrected chi connectivity index (χ2v) is 7.78. The van der Waals surface area contributed by atoms with E-state index in [1.54, 1.807) is 37.6 Å². The van der Waals surface area contributed by atoms with Crippen LogP contribution in [0.15, 0.2) is 78.1 Å². The Hall–Kier alpha value is -3.36. The third-order valence-electron chi connectivity index (χ3n) is 4.32. The SMILES string of the molecule is COc1ccc(-n2c(SCC(=O)Nc3ccc(Cl)cc3)nnc2-c2ccccn2)cc1. The van der Waals surface area contributed by atoms with Gasteiger partial charge in [-0.1, -0.05) is 29.4 Å². The zero-order valence-electron chi connectivity index (χ0n) is 16.5. The van der Waals surface area contributed by atoms with Crippen LogP contribution in [0.3, 0.4) is 0 Å². The molecule has 156 valence electrons. The lowest BCUT2D eigenvalue weighted by Gasteiger charge is -2.11. The quantitative estimate of drug-likeness (QED) is 0.409. The van der Waals surface area contributed by atoms with E-state index in [-0.39, 0.29) is 11.7 Å². The van der Waals surface area contributed by atoms with Gasteiger partial charge in [-0.2, -0.15) is 0 Å². The van der Waals surface area contributed by atoms with E-state index in [0.29, 0.717) is 27.4 Å². The van der Waals surface area contributed by atoms with Crippen LogP contribution < -0.4 is 10.1 Å². The van der Waals surface area contributed by atoms with Crippen molar-refractivity contribution in [3.8, 4) is 23.0 Å². The van der Waals surface area contributed by atoms with E-state index < -0.39 is 0 Å². The van der Waals surface area contributed by atoms with Crippen LogP contribution in [0, 0.1) is 0 Å². The third-order valence-corrected chi connectivity index (χ3v) is 5.50. The van der Waals surface area contributed by atoms with Gasteiger partial charge in [-0.3, -0.25) is 14.3 Å². The first-order chi connectivity index (χ1) is 15.1. The molecule has 0 aliphatic rings. The molecule has 2 heterocycles. The summed E-state index contributed by atoms with van der Waals surface area (Å²) in [6.45, 7) is 0. The minimum atomic E-state index is -0.156. The van der Waals surface area contributed by atoms with Gasteiger partial charge in [0.2, 0.25) is 5.91 Å². The lowest BCUT2D eigenvalue weighted by molar-refractivity contribution is -0.113. The van der Waals surface area contributed by atoms with Gasteiger partial charge in [-0.25, -0.2) is 0 Å². The van der Waals surface area contributed by atoms with E-state index in [1.165, 1.54) is 11.8 Å². The Morgan fingerprint density at radius 3 is 2.52 bits per heavy atom. The first kappa shape index (κ1) is 20.9. The number of aromatic nitrogens is 4. The monoisotopic (exact) mass is 451 g/mol. The predicted octanol–water partition coefficient (Wildman–Crippen LogP) is 4.72. The summed E-state index contributed by atoms with van der Waals surface area (Å²) in [6, 6.07) is 20.1. The number of halogens is 1. The second kappa shape index (κ2) is 9.63. The van der Waals surface area contributed by atoms with Crippen molar-refractivity contribution >= 4 is 35.0 Å². The molecule has 1 N–H and O–H groups in total. The lowest BCUT2D eigenvalue weighted by Crippen LogP contribution is -2.14. The number of nitrogens with zero attached hydrogens (tertiary/aromatic N) is 4. The number of methoxy groups -OCH3 is 1. The maximum atomic E-state index is 12.4. The Morgan fingerprint density at radius 1 is 1.06 bits per heavy atom. The van der Waals surface area contributed by atoms with E-state index >= 15 is 0 Å². The fourth-order valence-electron chi connectivity index (χ4n) is 2.85. The van der Waals surface area contributed by atoms with Gasteiger partial charge in [-0.05, 0) is 60.7 Å². The van der Waals surface area contributed by atoms with Crippen LogP contribution in [0.1, 0.15) is 0 Å². The second-order valence-electron chi connectivity index (χ2n) is 6.40. The molecule has 0 saturated carbocycles. The van der Waals surface area contributed by atoms with E-state index in [9.17, 15) is 4.79 Å². The van der Waals surface area contributed by atoms with Crippen LogP contribution in [0.2, 0.25) is 5.02 Å². The van der Waals surface area contributed by atoms with Gasteiger partial charge in [0.05, 0.1) is 18.6 Å². The minimum Gasteiger partial charge on any atom is -0.497 e. The summed E-state index contributed by atoms with van der Waals surface area (Å²) in [4.78, 5) is 16.8. The highest BCUT2D eigenvalue weighted by Crippen LogP contribution is 2.28. The van der Waals surface area contributed by atoms with Gasteiger partial charge in [0.15, 0.2) is 11.0 Å². The van der Waals surface area contributed by atoms with Crippen molar-refractivity contribution in [3.05, 3.63) is 77.9 Å². The first-order valence-electron chi connectivity index (χ1n) is 9.33. The summed E-state index contributed by atoms with van der Waals surface area (Å²) < 4.78 is 7.13. The Kier molecular flexibility index (Phi) is 6.49. The smallest absolute Gasteiger partial charge is 0.234 e. The van der Waals surface area contributed by atoms with E-state index in [4.69, 9.17) is 16.3 Å². The Labute approximate surface area is 188 Å². The summed E-state index contributed by atoms with van der Waals surface area (Å²) in [6.07, 6.45) is 1.70. The van der Waals surface area contributed by atoms with Crippen molar-refractivity contribution in [3.63, 3.8) is 0 Å². The van der Waals surface area contributed by atoms with Crippen molar-refractivity contribution < 1.29 is 9.53 Å². The molecule has 31 heavy (non-hydrogen) atoms. The molecule has 9 heteroatoms. The van der Waals surface area contributed by atoms with Crippen molar-refractivity contribution in [1.82, 2.24) is 19.7 Å². The summed E-state index contributed by atoms with van der Waals surface area (Å²) >= 11 is 7.18. The maximum Gasteiger partial charge on any atom is 0.234 e. The van der Waals surface area contributed by atoms with Crippen LogP contribution in [0.5, 0.6) is 5.75 Å². The molecule has 0 aliphatic carbocycles. The number of hydrogen-bond donors (Lipinski definition) is 1. The molecule has 0 fully saturated rings. The third kappa shape index (κ3) is 5.04. The number of hydrogen-bond acceptors (Lipinski definition) is 6. The number of amides is 1. The largest absolute Gasteiger partial charge is 0.497 e. The number of benzene rings is 2. The van der Waals surface area contributed by atoms with Crippen LogP contribution >= 0.6 is 23.4 Å². The van der Waals surface area contributed by atoms with Gasteiger partial charge >= 0.3 is 0 Å². The number of thioether (sulfide) groups is 1. The molecule has 0 aliphatic heterocycles. The van der Waals surface area contributed by atoms with E-state index in [2.05, 4.69) is 20.5 Å². The Morgan fingerprint density at radius 2 is 1.84 bits per heavy atom. The van der Waals surface area contributed by atoms with E-state index in [0.717, 1.165) is 11.4 Å². The molecule has 4 rings (SSSR count). The molecular formula is C22H18ClN5O2S. The highest BCUT2D eigenvalue weighted by molar-refractivity contribution is 7.99. The number of nitrogens with one attached hydrogen (secondary N) is 1. The molecule has 7 nitrogen and oxygen atoms in total. The number of ether oxygens (including phenoxy) is 1. The molecule has 4 aromatic rings. The topological polar surface area (TPSA) is 81.9 Å². The minimum absolute atomic E-state index is 0.156. The first-order valence-corrected chi connectivity index (χ1v) is 10.7. The van der Waals surface area contributed by atoms with Gasteiger partial charge in [0.1, 0.15) is 11.4 Å². The van der Waals surface area contributed by atoms with Crippen LogP contribution in [0.25, 0.3) is 17.2 Å². The fraction of sp³-hybridized carbons (Fsp3) is 0.0909. The molecule has 0 radical (unpaired) electrons. The zero-order valence-corrected chi connectivity index (χ0v) is 18.1. The van der Waals surface area contributed by atoms with Crippen LogP contribution in [-0.2, 0) is 4.79 Å². The van der Waals surface area contributed by atoms with Crippen LogP contribution in [0.4, 0.5) is 5.69 Å². The number of rotatable bonds is 7. The van der Waals surface area contributed by atoms with Crippen molar-refractivity contribution in [2.24, 2.45) is 0 Å². The molecular weight excluding hydrogens is 434 g/mol. The van der Waals surface area contributed by atoms with Gasteiger partial charge < -0.3 is 10.1 Å². The van der Waals surface area contributed by atoms with Gasteiger partial charge in [0, 0.05) is 16.9 Å². The van der Waals surface area contributed by atoms with E-state index in [1.807, 2.05) is 47.0 Å². The van der Waals surface area contributed by atoms with Gasteiger partial charge in [-0.15, -0.1) is 10.2 Å². The van der Waals surface area contributed by atoms with Crippen LogP contribution in [-0.4, -0.2) is 38.5 Å². The molecule has 0 saturated heterocycles. The summed E-state index contributed by atoms with van der Waals surface area (Å²) in [5.41, 5.74) is 2.20. The summed E-state index contributed by atoms with van der Waals surface area (Å²) in [5, 5.41) is 12.7. The lowest BCUT2D eigenvalue weighted by atomic mass is 10.3. The zero-order chi connectivity index (χ0) is 21.6. The Balaban J connectivity index is 1.58. The fourth-order valence-corrected chi connectivity index (χ4v) is 3.73. The number of carbonyl (C=O) groups excluding carboxylic acids is 1. The Bertz CT molecular complexity index is 1160. The normalized spacial score (nSPS) is 10.6. The molecule has 2 aromatic heterocycles. The number of anilines is 1. The number of carbonyl (C=O) groups is 1. The van der Waals surface area contributed by atoms with Crippen molar-refractivity contribution in [2.45, 2.75) is 5.16 Å². The molecule has 1 amide bonds. The molecule has 2 aromatic carbocycles. The molecule has 0 unspecified atom stereocenters. The van der Waals surface area contributed by atoms with Gasteiger partial charge in [0.25, 0.3) is 0 Å². The average Bonchev–Trinajstić information content (AvgIpc) is 3.24. The average molecular weight is 452 g/mol.